The highest BCUT2D eigenvalue weighted by atomic mass is 35.5. The Morgan fingerprint density at radius 1 is 1.04 bits per heavy atom. The molecular formula is C22H28ClN3O2. The van der Waals surface area contributed by atoms with Gasteiger partial charge in [-0.15, -0.1) is 12.4 Å². The number of hydrogen-bond acceptors (Lipinski definition) is 3. The summed E-state index contributed by atoms with van der Waals surface area (Å²) in [7, 11) is 3.68. The molecular weight excluding hydrogens is 374 g/mol. The van der Waals surface area contributed by atoms with Crippen LogP contribution < -0.4 is 15.5 Å². The first-order chi connectivity index (χ1) is 13.1. The summed E-state index contributed by atoms with van der Waals surface area (Å²) in [6.45, 7) is 1.45. The number of nitrogens with zero attached hydrogens (tertiary/aromatic N) is 1. The third-order valence-electron chi connectivity index (χ3n) is 5.23. The predicted molar refractivity (Wildman–Crippen MR) is 115 cm³/mol. The average molecular weight is 402 g/mol. The van der Waals surface area contributed by atoms with Crippen LogP contribution in [0, 0.1) is 0 Å². The Labute approximate surface area is 172 Å². The fraction of sp³-hybridized carbons (Fsp3) is 0.364. The summed E-state index contributed by atoms with van der Waals surface area (Å²) in [6.07, 6.45) is 1.53. The van der Waals surface area contributed by atoms with Gasteiger partial charge in [-0.1, -0.05) is 48.5 Å². The lowest BCUT2D eigenvalue weighted by atomic mass is 9.73. The van der Waals surface area contributed by atoms with Gasteiger partial charge in [0.1, 0.15) is 0 Å². The van der Waals surface area contributed by atoms with E-state index in [9.17, 15) is 9.59 Å². The van der Waals surface area contributed by atoms with Crippen LogP contribution in [-0.4, -0.2) is 39.0 Å². The number of hydrogen-bond donors (Lipinski definition) is 2. The van der Waals surface area contributed by atoms with Crippen molar-refractivity contribution in [1.82, 2.24) is 10.6 Å². The van der Waals surface area contributed by atoms with Crippen molar-refractivity contribution >= 4 is 29.9 Å². The summed E-state index contributed by atoms with van der Waals surface area (Å²) in [5, 5.41) is 6.04. The van der Waals surface area contributed by atoms with Crippen LogP contribution in [0.4, 0.5) is 5.69 Å². The maximum Gasteiger partial charge on any atom is 0.238 e. The molecule has 0 radical (unpaired) electrons. The largest absolute Gasteiger partial charge is 0.356 e. The number of rotatable bonds is 8. The van der Waals surface area contributed by atoms with Gasteiger partial charge >= 0.3 is 0 Å². The molecule has 0 aliphatic carbocycles. The molecule has 1 unspecified atom stereocenters. The molecule has 5 nitrogen and oxygen atoms in total. The van der Waals surface area contributed by atoms with Crippen LogP contribution in [0.2, 0.25) is 0 Å². The third kappa shape index (κ3) is 4.37. The van der Waals surface area contributed by atoms with E-state index < -0.39 is 5.41 Å². The van der Waals surface area contributed by atoms with Crippen LogP contribution >= 0.6 is 12.4 Å². The van der Waals surface area contributed by atoms with E-state index in [0.29, 0.717) is 13.0 Å². The van der Waals surface area contributed by atoms with Crippen molar-refractivity contribution in [2.24, 2.45) is 0 Å². The van der Waals surface area contributed by atoms with E-state index in [0.717, 1.165) is 29.8 Å². The lowest BCUT2D eigenvalue weighted by Gasteiger charge is -2.28. The van der Waals surface area contributed by atoms with Crippen molar-refractivity contribution in [2.75, 3.05) is 32.1 Å². The minimum absolute atomic E-state index is 0. The molecule has 6 heteroatoms. The minimum Gasteiger partial charge on any atom is -0.356 e. The van der Waals surface area contributed by atoms with Gasteiger partial charge < -0.3 is 15.5 Å². The SMILES string of the molecule is CNCCCNC(=O)CC1(Cc2ccccc2)C(=O)N(C)c2ccccc21.Cl. The summed E-state index contributed by atoms with van der Waals surface area (Å²) < 4.78 is 0. The van der Waals surface area contributed by atoms with Crippen molar-refractivity contribution in [3.8, 4) is 0 Å². The third-order valence-corrected chi connectivity index (χ3v) is 5.23. The number of carbonyl (C=O) groups is 2. The highest BCUT2D eigenvalue weighted by molar-refractivity contribution is 6.09. The van der Waals surface area contributed by atoms with E-state index in [1.54, 1.807) is 11.9 Å². The molecule has 0 spiro atoms. The molecule has 28 heavy (non-hydrogen) atoms. The lowest BCUT2D eigenvalue weighted by molar-refractivity contribution is -0.129. The molecule has 150 valence electrons. The second kappa shape index (κ2) is 9.71. The molecule has 1 aliphatic heterocycles. The highest BCUT2D eigenvalue weighted by Crippen LogP contribution is 2.45. The van der Waals surface area contributed by atoms with Crippen molar-refractivity contribution in [3.63, 3.8) is 0 Å². The van der Waals surface area contributed by atoms with Gasteiger partial charge in [-0.05, 0) is 43.6 Å². The summed E-state index contributed by atoms with van der Waals surface area (Å²) in [5.41, 5.74) is 2.02. The number of carbonyl (C=O) groups excluding carboxylic acids is 2. The highest BCUT2D eigenvalue weighted by Gasteiger charge is 2.50. The van der Waals surface area contributed by atoms with Crippen molar-refractivity contribution in [1.29, 1.82) is 0 Å². The van der Waals surface area contributed by atoms with Gasteiger partial charge in [0, 0.05) is 25.7 Å². The van der Waals surface area contributed by atoms with Gasteiger partial charge in [-0.2, -0.15) is 0 Å². The molecule has 2 N–H and O–H groups in total. The second-order valence-corrected chi connectivity index (χ2v) is 7.11. The first-order valence-corrected chi connectivity index (χ1v) is 9.41. The number of amides is 2. The molecule has 0 saturated heterocycles. The first-order valence-electron chi connectivity index (χ1n) is 9.41. The molecule has 2 aromatic rings. The molecule has 0 saturated carbocycles. The van der Waals surface area contributed by atoms with E-state index >= 15 is 0 Å². The summed E-state index contributed by atoms with van der Waals surface area (Å²) >= 11 is 0. The summed E-state index contributed by atoms with van der Waals surface area (Å²) in [6, 6.07) is 17.7. The van der Waals surface area contributed by atoms with Crippen molar-refractivity contribution in [3.05, 3.63) is 65.7 Å². The molecule has 3 rings (SSSR count). The van der Waals surface area contributed by atoms with Gasteiger partial charge in [-0.3, -0.25) is 9.59 Å². The lowest BCUT2D eigenvalue weighted by Crippen LogP contribution is -2.44. The predicted octanol–water partition coefficient (Wildman–Crippen LogP) is 2.68. The van der Waals surface area contributed by atoms with Crippen LogP contribution in [0.25, 0.3) is 0 Å². The normalized spacial score (nSPS) is 17.8. The minimum atomic E-state index is -0.861. The van der Waals surface area contributed by atoms with Crippen molar-refractivity contribution < 1.29 is 9.59 Å². The van der Waals surface area contributed by atoms with Crippen LogP contribution in [0.15, 0.2) is 54.6 Å². The Hall–Kier alpha value is -2.37. The molecule has 2 aromatic carbocycles. The van der Waals surface area contributed by atoms with Gasteiger partial charge in [0.25, 0.3) is 0 Å². The van der Waals surface area contributed by atoms with E-state index in [1.165, 1.54) is 0 Å². The van der Waals surface area contributed by atoms with Gasteiger partial charge in [0.2, 0.25) is 11.8 Å². The molecule has 0 bridgehead atoms. The molecule has 2 amide bonds. The smallest absolute Gasteiger partial charge is 0.238 e. The maximum absolute atomic E-state index is 13.3. The number of anilines is 1. The first kappa shape index (κ1) is 21.9. The number of likely N-dealkylation sites (N-methyl/N-ethyl adjacent to an activating group) is 1. The Balaban J connectivity index is 0.00000280. The number of benzene rings is 2. The maximum atomic E-state index is 13.3. The van der Waals surface area contributed by atoms with E-state index in [1.807, 2.05) is 61.6 Å². The van der Waals surface area contributed by atoms with Crippen LogP contribution in [0.3, 0.4) is 0 Å². The Morgan fingerprint density at radius 3 is 2.43 bits per heavy atom. The van der Waals surface area contributed by atoms with Gasteiger partial charge in [0.05, 0.1) is 5.41 Å². The Morgan fingerprint density at radius 2 is 1.71 bits per heavy atom. The Kier molecular flexibility index (Phi) is 7.61. The van der Waals surface area contributed by atoms with Gasteiger partial charge in [0.15, 0.2) is 0 Å². The van der Waals surface area contributed by atoms with Crippen LogP contribution in [0.1, 0.15) is 24.0 Å². The quantitative estimate of drug-likeness (QED) is 0.668. The van der Waals surface area contributed by atoms with E-state index in [2.05, 4.69) is 10.6 Å². The molecule has 1 atom stereocenters. The second-order valence-electron chi connectivity index (χ2n) is 7.11. The zero-order valence-electron chi connectivity index (χ0n) is 16.4. The molecule has 1 heterocycles. The zero-order valence-corrected chi connectivity index (χ0v) is 17.2. The Bertz CT molecular complexity index is 812. The van der Waals surface area contributed by atoms with Gasteiger partial charge in [-0.25, -0.2) is 0 Å². The number of nitrogens with one attached hydrogen (secondary N) is 2. The zero-order chi connectivity index (χ0) is 19.3. The van der Waals surface area contributed by atoms with Crippen molar-refractivity contribution in [2.45, 2.75) is 24.7 Å². The molecule has 0 aromatic heterocycles. The molecule has 0 fully saturated rings. The van der Waals surface area contributed by atoms with E-state index in [-0.39, 0.29) is 30.6 Å². The number of para-hydroxylation sites is 1. The summed E-state index contributed by atoms with van der Waals surface area (Å²) in [5.74, 6) is -0.0987. The number of halogens is 1. The fourth-order valence-corrected chi connectivity index (χ4v) is 3.89. The fourth-order valence-electron chi connectivity index (χ4n) is 3.89. The molecule has 1 aliphatic rings. The van der Waals surface area contributed by atoms with Crippen LogP contribution in [-0.2, 0) is 21.4 Å². The topological polar surface area (TPSA) is 61.4 Å². The van der Waals surface area contributed by atoms with Crippen LogP contribution in [0.5, 0.6) is 0 Å². The summed E-state index contributed by atoms with van der Waals surface area (Å²) in [4.78, 5) is 27.7. The average Bonchev–Trinajstić information content (AvgIpc) is 2.89. The monoisotopic (exact) mass is 401 g/mol. The van der Waals surface area contributed by atoms with E-state index in [4.69, 9.17) is 0 Å². The standard InChI is InChI=1S/C22H27N3O2.ClH/c1-23-13-8-14-24-20(26)16-22(15-17-9-4-3-5-10-17)18-11-6-7-12-19(18)25(2)21(22)27;/h3-7,9-12,23H,8,13-16H2,1-2H3,(H,24,26);1H. The number of fused-ring (bicyclic) bond motifs is 1.